The van der Waals surface area contributed by atoms with Crippen LogP contribution in [-0.4, -0.2) is 17.2 Å². The first-order valence-corrected chi connectivity index (χ1v) is 3.50. The molecule has 1 aromatic rings. The molecule has 0 spiro atoms. The van der Waals surface area contributed by atoms with E-state index in [2.05, 4.69) is 15.5 Å². The van der Waals surface area contributed by atoms with Gasteiger partial charge in [-0.3, -0.25) is 0 Å². The standard InChI is InChI=1S/C7H9F2N3/c1-4(10-2)6-5(8)3-11-12-7(6)9/h3-4,10H,1-2H3. The van der Waals surface area contributed by atoms with E-state index < -0.39 is 17.8 Å². The highest BCUT2D eigenvalue weighted by Gasteiger charge is 2.15. The molecule has 0 aliphatic heterocycles. The molecule has 0 bridgehead atoms. The maximum atomic E-state index is 12.9. The number of rotatable bonds is 2. The third-order valence-electron chi connectivity index (χ3n) is 1.66. The Morgan fingerprint density at radius 2 is 2.17 bits per heavy atom. The van der Waals surface area contributed by atoms with Crippen LogP contribution in [0.4, 0.5) is 8.78 Å². The summed E-state index contributed by atoms with van der Waals surface area (Å²) in [6.07, 6.45) is 0.895. The molecule has 0 aliphatic carbocycles. The maximum Gasteiger partial charge on any atom is 0.240 e. The molecule has 5 heteroatoms. The van der Waals surface area contributed by atoms with Crippen LogP contribution >= 0.6 is 0 Å². The molecule has 3 nitrogen and oxygen atoms in total. The van der Waals surface area contributed by atoms with Crippen LogP contribution in [0.2, 0.25) is 0 Å². The molecular weight excluding hydrogens is 164 g/mol. The zero-order valence-corrected chi connectivity index (χ0v) is 6.81. The third kappa shape index (κ3) is 1.55. The van der Waals surface area contributed by atoms with E-state index in [0.717, 1.165) is 6.20 Å². The van der Waals surface area contributed by atoms with Crippen molar-refractivity contribution in [3.05, 3.63) is 23.5 Å². The Morgan fingerprint density at radius 1 is 1.50 bits per heavy atom. The second-order valence-corrected chi connectivity index (χ2v) is 2.41. The van der Waals surface area contributed by atoms with Crippen LogP contribution in [0.1, 0.15) is 18.5 Å². The first-order chi connectivity index (χ1) is 5.66. The molecule has 66 valence electrons. The van der Waals surface area contributed by atoms with E-state index >= 15 is 0 Å². The van der Waals surface area contributed by atoms with Gasteiger partial charge in [0.2, 0.25) is 5.95 Å². The molecule has 1 aromatic heterocycles. The maximum absolute atomic E-state index is 12.9. The second kappa shape index (κ2) is 3.53. The molecular formula is C7H9F2N3. The first kappa shape index (κ1) is 8.99. The second-order valence-electron chi connectivity index (χ2n) is 2.41. The Balaban J connectivity index is 3.12. The largest absolute Gasteiger partial charge is 0.313 e. The van der Waals surface area contributed by atoms with Crippen molar-refractivity contribution in [3.63, 3.8) is 0 Å². The van der Waals surface area contributed by atoms with Gasteiger partial charge in [-0.25, -0.2) is 4.39 Å². The van der Waals surface area contributed by atoms with Crippen molar-refractivity contribution in [2.75, 3.05) is 7.05 Å². The predicted molar refractivity (Wildman–Crippen MR) is 39.4 cm³/mol. The summed E-state index contributed by atoms with van der Waals surface area (Å²) in [4.78, 5) is 0. The monoisotopic (exact) mass is 173 g/mol. The van der Waals surface area contributed by atoms with E-state index in [1.165, 1.54) is 0 Å². The number of nitrogens with zero attached hydrogens (tertiary/aromatic N) is 2. The lowest BCUT2D eigenvalue weighted by Crippen LogP contribution is -2.16. The van der Waals surface area contributed by atoms with E-state index in [1.807, 2.05) is 0 Å². The molecule has 1 N–H and O–H groups in total. The zero-order valence-electron chi connectivity index (χ0n) is 6.81. The Morgan fingerprint density at radius 3 is 2.67 bits per heavy atom. The summed E-state index contributed by atoms with van der Waals surface area (Å²) in [5.74, 6) is -1.54. The number of hydrogen-bond acceptors (Lipinski definition) is 3. The van der Waals surface area contributed by atoms with Gasteiger partial charge < -0.3 is 5.32 Å². The lowest BCUT2D eigenvalue weighted by Gasteiger charge is -2.10. The van der Waals surface area contributed by atoms with Crippen LogP contribution in [0.25, 0.3) is 0 Å². The Kier molecular flexibility index (Phi) is 2.65. The van der Waals surface area contributed by atoms with Crippen LogP contribution in [0.15, 0.2) is 6.20 Å². The molecule has 1 unspecified atom stereocenters. The highest BCUT2D eigenvalue weighted by Crippen LogP contribution is 2.16. The van der Waals surface area contributed by atoms with E-state index in [-0.39, 0.29) is 5.56 Å². The molecule has 0 aliphatic rings. The fraction of sp³-hybridized carbons (Fsp3) is 0.429. The summed E-state index contributed by atoms with van der Waals surface area (Å²) in [5.41, 5.74) is -0.0764. The third-order valence-corrected chi connectivity index (χ3v) is 1.66. The summed E-state index contributed by atoms with van der Waals surface area (Å²) >= 11 is 0. The van der Waals surface area contributed by atoms with Gasteiger partial charge in [0.25, 0.3) is 0 Å². The molecule has 0 fully saturated rings. The van der Waals surface area contributed by atoms with Crippen molar-refractivity contribution in [2.45, 2.75) is 13.0 Å². The Labute approximate surface area is 68.8 Å². The Hall–Kier alpha value is -1.10. The zero-order chi connectivity index (χ0) is 9.14. The average Bonchev–Trinajstić information content (AvgIpc) is 2.03. The van der Waals surface area contributed by atoms with Gasteiger partial charge in [-0.15, -0.1) is 5.10 Å². The minimum Gasteiger partial charge on any atom is -0.313 e. The van der Waals surface area contributed by atoms with Gasteiger partial charge >= 0.3 is 0 Å². The average molecular weight is 173 g/mol. The van der Waals surface area contributed by atoms with E-state index in [0.29, 0.717) is 0 Å². The minimum atomic E-state index is -0.864. The lowest BCUT2D eigenvalue weighted by atomic mass is 10.1. The molecule has 0 aromatic carbocycles. The Bertz CT molecular complexity index is 257. The van der Waals surface area contributed by atoms with Crippen molar-refractivity contribution in [2.24, 2.45) is 0 Å². The summed E-state index contributed by atoms with van der Waals surface area (Å²) < 4.78 is 25.7. The molecule has 12 heavy (non-hydrogen) atoms. The number of halogens is 2. The quantitative estimate of drug-likeness (QED) is 0.726. The number of nitrogens with one attached hydrogen (secondary N) is 1. The molecule has 1 heterocycles. The SMILES string of the molecule is CNC(C)c1c(F)cnnc1F. The van der Waals surface area contributed by atoms with Crippen LogP contribution in [0, 0.1) is 11.8 Å². The highest BCUT2D eigenvalue weighted by molar-refractivity contribution is 5.14. The van der Waals surface area contributed by atoms with Gasteiger partial charge in [0, 0.05) is 6.04 Å². The van der Waals surface area contributed by atoms with Gasteiger partial charge in [-0.1, -0.05) is 0 Å². The topological polar surface area (TPSA) is 37.8 Å². The smallest absolute Gasteiger partial charge is 0.240 e. The number of aromatic nitrogens is 2. The summed E-state index contributed by atoms with van der Waals surface area (Å²) in [6, 6.07) is -0.402. The van der Waals surface area contributed by atoms with Gasteiger partial charge in [-0.05, 0) is 14.0 Å². The fourth-order valence-electron chi connectivity index (χ4n) is 0.882. The molecule has 0 radical (unpaired) electrons. The normalized spacial score (nSPS) is 13.0. The summed E-state index contributed by atoms with van der Waals surface area (Å²) in [5, 5.41) is 8.96. The predicted octanol–water partition coefficient (Wildman–Crippen LogP) is 1.04. The molecule has 0 saturated heterocycles. The molecule has 1 atom stereocenters. The summed E-state index contributed by atoms with van der Waals surface area (Å²) in [6.45, 7) is 1.64. The van der Waals surface area contributed by atoms with E-state index in [4.69, 9.17) is 0 Å². The van der Waals surface area contributed by atoms with E-state index in [1.54, 1.807) is 14.0 Å². The van der Waals surface area contributed by atoms with Crippen LogP contribution in [0.5, 0.6) is 0 Å². The van der Waals surface area contributed by atoms with Gasteiger partial charge in [0.15, 0.2) is 5.82 Å². The van der Waals surface area contributed by atoms with Crippen molar-refractivity contribution in [3.8, 4) is 0 Å². The van der Waals surface area contributed by atoms with Crippen molar-refractivity contribution in [1.29, 1.82) is 0 Å². The van der Waals surface area contributed by atoms with Crippen LogP contribution in [0.3, 0.4) is 0 Å². The van der Waals surface area contributed by atoms with E-state index in [9.17, 15) is 8.78 Å². The lowest BCUT2D eigenvalue weighted by molar-refractivity contribution is 0.471. The van der Waals surface area contributed by atoms with Crippen molar-refractivity contribution >= 4 is 0 Å². The van der Waals surface area contributed by atoms with Crippen LogP contribution in [-0.2, 0) is 0 Å². The van der Waals surface area contributed by atoms with Crippen LogP contribution < -0.4 is 5.32 Å². The van der Waals surface area contributed by atoms with Gasteiger partial charge in [0.05, 0.1) is 11.8 Å². The molecule has 1 rings (SSSR count). The molecule has 0 amide bonds. The fourth-order valence-corrected chi connectivity index (χ4v) is 0.882. The molecule has 0 saturated carbocycles. The number of hydrogen-bond donors (Lipinski definition) is 1. The minimum absolute atomic E-state index is 0.0764. The van der Waals surface area contributed by atoms with Crippen molar-refractivity contribution < 1.29 is 8.78 Å². The highest BCUT2D eigenvalue weighted by atomic mass is 19.1. The van der Waals surface area contributed by atoms with Crippen molar-refractivity contribution in [1.82, 2.24) is 15.5 Å². The summed E-state index contributed by atoms with van der Waals surface area (Å²) in [7, 11) is 1.62. The first-order valence-electron chi connectivity index (χ1n) is 3.50. The van der Waals surface area contributed by atoms with Gasteiger partial charge in [-0.2, -0.15) is 9.49 Å². The van der Waals surface area contributed by atoms with Gasteiger partial charge in [0.1, 0.15) is 0 Å².